The maximum Gasteiger partial charge on any atom is 0.0552 e. The Hall–Kier alpha value is -1.02. The summed E-state index contributed by atoms with van der Waals surface area (Å²) in [4.78, 5) is 2.45. The number of anilines is 1. The van der Waals surface area contributed by atoms with E-state index in [4.69, 9.17) is 0 Å². The Bertz CT molecular complexity index is 373. The topological polar surface area (TPSA) is 23.5 Å². The maximum atomic E-state index is 9.39. The Labute approximate surface area is 97.9 Å². The van der Waals surface area contributed by atoms with Crippen molar-refractivity contribution < 1.29 is 5.11 Å². The second kappa shape index (κ2) is 4.46. The molecular formula is C14H21NO. The molecule has 1 aromatic carbocycles. The zero-order chi connectivity index (χ0) is 11.7. The van der Waals surface area contributed by atoms with E-state index in [1.54, 1.807) is 0 Å². The van der Waals surface area contributed by atoms with Gasteiger partial charge >= 0.3 is 0 Å². The molecule has 0 aromatic heterocycles. The molecule has 88 valence electrons. The van der Waals surface area contributed by atoms with Gasteiger partial charge in [0.2, 0.25) is 0 Å². The van der Waals surface area contributed by atoms with Crippen LogP contribution in [0, 0.1) is 0 Å². The van der Waals surface area contributed by atoms with Gasteiger partial charge in [0.15, 0.2) is 0 Å². The molecule has 2 heteroatoms. The van der Waals surface area contributed by atoms with Crippen molar-refractivity contribution in [2.45, 2.75) is 45.8 Å². The van der Waals surface area contributed by atoms with Crippen LogP contribution in [0.4, 0.5) is 5.69 Å². The van der Waals surface area contributed by atoms with Crippen LogP contribution in [0.5, 0.6) is 0 Å². The third kappa shape index (κ3) is 2.07. The lowest BCUT2D eigenvalue weighted by Gasteiger charge is -2.22. The van der Waals surface area contributed by atoms with Crippen LogP contribution in [-0.4, -0.2) is 23.8 Å². The highest BCUT2D eigenvalue weighted by atomic mass is 16.3. The van der Waals surface area contributed by atoms with Crippen molar-refractivity contribution in [1.29, 1.82) is 0 Å². The maximum absolute atomic E-state index is 9.39. The van der Waals surface area contributed by atoms with E-state index in [9.17, 15) is 5.11 Å². The molecule has 1 heterocycles. The average molecular weight is 219 g/mol. The van der Waals surface area contributed by atoms with E-state index in [1.807, 2.05) is 6.92 Å². The number of hydrogen-bond donors (Lipinski definition) is 1. The van der Waals surface area contributed by atoms with Gasteiger partial charge in [0.25, 0.3) is 0 Å². The molecule has 1 N–H and O–H groups in total. The largest absolute Gasteiger partial charge is 0.393 e. The zero-order valence-electron chi connectivity index (χ0n) is 10.4. The van der Waals surface area contributed by atoms with Gasteiger partial charge in [0.05, 0.1) is 6.10 Å². The first kappa shape index (κ1) is 11.5. The van der Waals surface area contributed by atoms with E-state index in [0.29, 0.717) is 6.04 Å². The molecule has 0 fully saturated rings. The van der Waals surface area contributed by atoms with E-state index < -0.39 is 0 Å². The molecule has 16 heavy (non-hydrogen) atoms. The number of benzene rings is 1. The van der Waals surface area contributed by atoms with Gasteiger partial charge in [-0.2, -0.15) is 0 Å². The highest BCUT2D eigenvalue weighted by Crippen LogP contribution is 2.32. The predicted molar refractivity (Wildman–Crippen MR) is 68.0 cm³/mol. The number of likely N-dealkylation sites (N-methyl/N-ethyl adjacent to an activating group) is 1. The number of rotatable bonds is 3. The van der Waals surface area contributed by atoms with Crippen LogP contribution < -0.4 is 4.90 Å². The van der Waals surface area contributed by atoms with Gasteiger partial charge in [-0.1, -0.05) is 12.1 Å². The minimum atomic E-state index is -0.251. The molecule has 0 bridgehead atoms. The third-order valence-corrected chi connectivity index (χ3v) is 3.37. The quantitative estimate of drug-likeness (QED) is 0.843. The first-order valence-electron chi connectivity index (χ1n) is 6.18. The van der Waals surface area contributed by atoms with Crippen molar-refractivity contribution in [1.82, 2.24) is 0 Å². The fraction of sp³-hybridized carbons (Fsp3) is 0.571. The van der Waals surface area contributed by atoms with Crippen molar-refractivity contribution in [2.75, 3.05) is 11.4 Å². The normalized spacial score (nSPS) is 21.0. The van der Waals surface area contributed by atoms with Gasteiger partial charge in [-0.05, 0) is 50.8 Å². The van der Waals surface area contributed by atoms with Crippen LogP contribution in [0.3, 0.4) is 0 Å². The summed E-state index contributed by atoms with van der Waals surface area (Å²) in [5.74, 6) is 0. The van der Waals surface area contributed by atoms with E-state index in [2.05, 4.69) is 36.9 Å². The summed E-state index contributed by atoms with van der Waals surface area (Å²) >= 11 is 0. The minimum absolute atomic E-state index is 0.251. The highest BCUT2D eigenvalue weighted by Gasteiger charge is 2.24. The summed E-state index contributed by atoms with van der Waals surface area (Å²) < 4.78 is 0. The first-order chi connectivity index (χ1) is 7.61. The molecule has 0 spiro atoms. The molecule has 0 saturated heterocycles. The summed E-state index contributed by atoms with van der Waals surface area (Å²) in [6.45, 7) is 7.39. The average Bonchev–Trinajstić information content (AvgIpc) is 2.51. The minimum Gasteiger partial charge on any atom is -0.393 e. The molecule has 0 saturated carbocycles. The monoisotopic (exact) mass is 219 g/mol. The van der Waals surface area contributed by atoms with Crippen LogP contribution in [0.2, 0.25) is 0 Å². The number of nitrogens with zero attached hydrogens (tertiary/aromatic N) is 1. The Morgan fingerprint density at radius 1 is 1.50 bits per heavy atom. The Balaban J connectivity index is 2.25. The summed E-state index contributed by atoms with van der Waals surface area (Å²) in [6, 6.07) is 7.22. The zero-order valence-corrected chi connectivity index (χ0v) is 10.4. The van der Waals surface area contributed by atoms with Gasteiger partial charge < -0.3 is 10.0 Å². The SMILES string of the molecule is CCN1c2ccc(CC(C)O)cc2CC1C. The van der Waals surface area contributed by atoms with Gasteiger partial charge in [-0.25, -0.2) is 0 Å². The molecule has 1 aliphatic rings. The second-order valence-corrected chi connectivity index (χ2v) is 4.86. The molecule has 2 unspecified atom stereocenters. The van der Waals surface area contributed by atoms with E-state index in [0.717, 1.165) is 19.4 Å². The fourth-order valence-corrected chi connectivity index (χ4v) is 2.70. The Morgan fingerprint density at radius 3 is 2.88 bits per heavy atom. The smallest absolute Gasteiger partial charge is 0.0552 e. The summed E-state index contributed by atoms with van der Waals surface area (Å²) in [5.41, 5.74) is 4.07. The van der Waals surface area contributed by atoms with Gasteiger partial charge in [-0.15, -0.1) is 0 Å². The molecular weight excluding hydrogens is 198 g/mol. The molecule has 2 rings (SSSR count). The van der Waals surface area contributed by atoms with Crippen LogP contribution in [0.15, 0.2) is 18.2 Å². The van der Waals surface area contributed by atoms with E-state index >= 15 is 0 Å². The number of fused-ring (bicyclic) bond motifs is 1. The Kier molecular flexibility index (Phi) is 3.20. The van der Waals surface area contributed by atoms with Crippen molar-refractivity contribution in [2.24, 2.45) is 0 Å². The number of hydrogen-bond acceptors (Lipinski definition) is 2. The van der Waals surface area contributed by atoms with Gasteiger partial charge in [0, 0.05) is 18.3 Å². The molecule has 0 amide bonds. The van der Waals surface area contributed by atoms with E-state index in [1.165, 1.54) is 16.8 Å². The second-order valence-electron chi connectivity index (χ2n) is 4.86. The van der Waals surface area contributed by atoms with Crippen LogP contribution in [0.25, 0.3) is 0 Å². The molecule has 1 aliphatic heterocycles. The molecule has 1 aromatic rings. The third-order valence-electron chi connectivity index (χ3n) is 3.37. The fourth-order valence-electron chi connectivity index (χ4n) is 2.70. The molecule has 2 atom stereocenters. The van der Waals surface area contributed by atoms with Gasteiger partial charge in [-0.3, -0.25) is 0 Å². The summed E-state index contributed by atoms with van der Waals surface area (Å²) in [6.07, 6.45) is 1.64. The molecule has 2 nitrogen and oxygen atoms in total. The van der Waals surface area contributed by atoms with Crippen molar-refractivity contribution in [3.8, 4) is 0 Å². The van der Waals surface area contributed by atoms with E-state index in [-0.39, 0.29) is 6.10 Å². The molecule has 0 aliphatic carbocycles. The predicted octanol–water partition coefficient (Wildman–Crippen LogP) is 2.38. The van der Waals surface area contributed by atoms with Crippen molar-refractivity contribution in [3.05, 3.63) is 29.3 Å². The van der Waals surface area contributed by atoms with Crippen LogP contribution in [-0.2, 0) is 12.8 Å². The van der Waals surface area contributed by atoms with Crippen molar-refractivity contribution >= 4 is 5.69 Å². The molecule has 0 radical (unpaired) electrons. The van der Waals surface area contributed by atoms with Crippen LogP contribution in [0.1, 0.15) is 31.9 Å². The first-order valence-corrected chi connectivity index (χ1v) is 6.18. The lowest BCUT2D eigenvalue weighted by atomic mass is 10.0. The number of aliphatic hydroxyl groups is 1. The van der Waals surface area contributed by atoms with Gasteiger partial charge in [0.1, 0.15) is 0 Å². The van der Waals surface area contributed by atoms with Crippen LogP contribution >= 0.6 is 0 Å². The lowest BCUT2D eigenvalue weighted by molar-refractivity contribution is 0.195. The summed E-state index contributed by atoms with van der Waals surface area (Å²) in [5, 5.41) is 9.39. The summed E-state index contributed by atoms with van der Waals surface area (Å²) in [7, 11) is 0. The lowest BCUT2D eigenvalue weighted by Crippen LogP contribution is -2.28. The number of aliphatic hydroxyl groups excluding tert-OH is 1. The highest BCUT2D eigenvalue weighted by molar-refractivity contribution is 5.60. The standard InChI is InChI=1S/C14H21NO/c1-4-15-10(2)7-13-9-12(8-11(3)16)5-6-14(13)15/h5-6,9-11,16H,4,7-8H2,1-3H3. The van der Waals surface area contributed by atoms with Crippen molar-refractivity contribution in [3.63, 3.8) is 0 Å². The Morgan fingerprint density at radius 2 is 2.25 bits per heavy atom.